The van der Waals surface area contributed by atoms with Crippen LogP contribution >= 0.6 is 11.3 Å². The number of carbonyl (C=O) groups is 1. The first-order valence-corrected chi connectivity index (χ1v) is 8.09. The average Bonchev–Trinajstić information content (AvgIpc) is 3.09. The average molecular weight is 329 g/mol. The molecule has 0 saturated heterocycles. The molecule has 0 bridgehead atoms. The molecule has 0 radical (unpaired) electrons. The first-order valence-electron chi connectivity index (χ1n) is 7.14. The van der Waals surface area contributed by atoms with Crippen molar-refractivity contribution in [3.05, 3.63) is 68.1 Å². The van der Waals surface area contributed by atoms with Gasteiger partial charge in [0.25, 0.3) is 11.5 Å². The smallest absolute Gasteiger partial charge is 0.263 e. The van der Waals surface area contributed by atoms with Crippen molar-refractivity contribution < 1.29 is 9.18 Å². The van der Waals surface area contributed by atoms with Gasteiger partial charge in [0.15, 0.2) is 0 Å². The molecular weight excluding hydrogens is 317 g/mol. The van der Waals surface area contributed by atoms with Crippen molar-refractivity contribution in [2.75, 3.05) is 6.54 Å². The van der Waals surface area contributed by atoms with Gasteiger partial charge in [-0.2, -0.15) is 11.3 Å². The molecule has 7 heteroatoms. The Morgan fingerprint density at radius 2 is 2.17 bits per heavy atom. The maximum atomic E-state index is 13.4. The number of fused-ring (bicyclic) bond motifs is 2. The monoisotopic (exact) mass is 329 g/mol. The van der Waals surface area contributed by atoms with Crippen LogP contribution in [0.15, 0.2) is 40.0 Å². The van der Waals surface area contributed by atoms with Crippen LogP contribution in [-0.2, 0) is 13.0 Å². The topological polar surface area (TPSA) is 54.7 Å². The summed E-state index contributed by atoms with van der Waals surface area (Å²) in [6, 6.07) is 4.53. The van der Waals surface area contributed by atoms with Crippen molar-refractivity contribution in [2.24, 2.45) is 0 Å². The molecule has 0 fully saturated rings. The summed E-state index contributed by atoms with van der Waals surface area (Å²) in [7, 11) is 0. The number of amides is 1. The van der Waals surface area contributed by atoms with Crippen molar-refractivity contribution >= 4 is 22.9 Å². The molecule has 0 N–H and O–H groups in total. The van der Waals surface area contributed by atoms with Crippen molar-refractivity contribution in [1.82, 2.24) is 14.3 Å². The van der Waals surface area contributed by atoms with Gasteiger partial charge in [-0.1, -0.05) is 0 Å². The predicted octanol–water partition coefficient (Wildman–Crippen LogP) is 2.09. The first kappa shape index (κ1) is 14.1. The number of rotatable bonds is 1. The van der Waals surface area contributed by atoms with Gasteiger partial charge in [-0.3, -0.25) is 14.0 Å². The van der Waals surface area contributed by atoms with Crippen LogP contribution in [0.25, 0.3) is 5.65 Å². The van der Waals surface area contributed by atoms with E-state index in [9.17, 15) is 14.0 Å². The van der Waals surface area contributed by atoms with Gasteiger partial charge in [0.2, 0.25) is 0 Å². The van der Waals surface area contributed by atoms with Gasteiger partial charge in [-0.15, -0.1) is 0 Å². The predicted molar refractivity (Wildman–Crippen MR) is 84.2 cm³/mol. The van der Waals surface area contributed by atoms with Crippen molar-refractivity contribution in [3.8, 4) is 0 Å². The lowest BCUT2D eigenvalue weighted by Gasteiger charge is -2.27. The Bertz CT molecular complexity index is 965. The molecule has 0 atom stereocenters. The van der Waals surface area contributed by atoms with Crippen molar-refractivity contribution in [1.29, 1.82) is 0 Å². The molecule has 4 heterocycles. The van der Waals surface area contributed by atoms with Gasteiger partial charge in [0.05, 0.1) is 23.4 Å². The van der Waals surface area contributed by atoms with E-state index in [1.54, 1.807) is 16.3 Å². The molecule has 3 aromatic heterocycles. The van der Waals surface area contributed by atoms with E-state index in [0.29, 0.717) is 35.4 Å². The van der Waals surface area contributed by atoms with E-state index in [1.807, 2.05) is 5.38 Å². The van der Waals surface area contributed by atoms with Crippen LogP contribution in [0.5, 0.6) is 0 Å². The van der Waals surface area contributed by atoms with Crippen LogP contribution in [-0.4, -0.2) is 26.7 Å². The highest BCUT2D eigenvalue weighted by Crippen LogP contribution is 2.18. The number of thiophene rings is 1. The van der Waals surface area contributed by atoms with E-state index in [1.165, 1.54) is 27.9 Å². The number of pyridine rings is 1. The molecule has 116 valence electrons. The van der Waals surface area contributed by atoms with Gasteiger partial charge < -0.3 is 4.90 Å². The third-order valence-electron chi connectivity index (χ3n) is 3.99. The Labute approximate surface area is 134 Å². The number of nitrogens with zero attached hydrogens (tertiary/aromatic N) is 3. The lowest BCUT2D eigenvalue weighted by molar-refractivity contribution is 0.0733. The van der Waals surface area contributed by atoms with E-state index in [4.69, 9.17) is 0 Å². The molecule has 0 saturated carbocycles. The SMILES string of the molecule is O=C(c1ccsc1)N1CCc2nc3ccc(F)cn3c(=O)c2C1. The second-order valence-electron chi connectivity index (χ2n) is 5.41. The number of halogens is 1. The second kappa shape index (κ2) is 5.27. The van der Waals surface area contributed by atoms with Gasteiger partial charge >= 0.3 is 0 Å². The summed E-state index contributed by atoms with van der Waals surface area (Å²) in [6.45, 7) is 0.723. The zero-order chi connectivity index (χ0) is 16.0. The van der Waals surface area contributed by atoms with Gasteiger partial charge in [-0.05, 0) is 23.6 Å². The highest BCUT2D eigenvalue weighted by atomic mass is 32.1. The first-order chi connectivity index (χ1) is 11.1. The zero-order valence-corrected chi connectivity index (χ0v) is 12.8. The summed E-state index contributed by atoms with van der Waals surface area (Å²) in [4.78, 5) is 31.1. The molecular formula is C16H12FN3O2S. The molecule has 23 heavy (non-hydrogen) atoms. The Morgan fingerprint density at radius 1 is 1.30 bits per heavy atom. The van der Waals surface area contributed by atoms with Crippen LogP contribution in [0.2, 0.25) is 0 Å². The minimum Gasteiger partial charge on any atom is -0.334 e. The molecule has 1 amide bonds. The Balaban J connectivity index is 1.77. The van der Waals surface area contributed by atoms with Crippen LogP contribution in [0.1, 0.15) is 21.6 Å². The fraction of sp³-hybridized carbons (Fsp3) is 0.188. The summed E-state index contributed by atoms with van der Waals surface area (Å²) in [5, 5.41) is 3.64. The number of hydrogen-bond donors (Lipinski definition) is 0. The number of hydrogen-bond acceptors (Lipinski definition) is 4. The quantitative estimate of drug-likeness (QED) is 0.687. The summed E-state index contributed by atoms with van der Waals surface area (Å²) < 4.78 is 14.6. The van der Waals surface area contributed by atoms with E-state index in [0.717, 1.165) is 6.20 Å². The summed E-state index contributed by atoms with van der Waals surface area (Å²) in [5.41, 5.74) is 1.89. The Kier molecular flexibility index (Phi) is 3.23. The minimum atomic E-state index is -0.497. The van der Waals surface area contributed by atoms with Crippen LogP contribution in [0.3, 0.4) is 0 Å². The summed E-state index contributed by atoms with van der Waals surface area (Å²) in [6.07, 6.45) is 1.65. The zero-order valence-electron chi connectivity index (χ0n) is 12.0. The minimum absolute atomic E-state index is 0.0966. The van der Waals surface area contributed by atoms with Gasteiger partial charge in [0, 0.05) is 24.5 Å². The molecule has 1 aliphatic rings. The molecule has 4 rings (SSSR count). The van der Waals surface area contributed by atoms with Crippen molar-refractivity contribution in [2.45, 2.75) is 13.0 Å². The third-order valence-corrected chi connectivity index (χ3v) is 4.67. The number of aromatic nitrogens is 2. The highest BCUT2D eigenvalue weighted by Gasteiger charge is 2.25. The molecule has 3 aromatic rings. The lowest BCUT2D eigenvalue weighted by Crippen LogP contribution is -2.40. The fourth-order valence-electron chi connectivity index (χ4n) is 2.81. The van der Waals surface area contributed by atoms with E-state index < -0.39 is 5.82 Å². The van der Waals surface area contributed by atoms with E-state index in [2.05, 4.69) is 4.98 Å². The second-order valence-corrected chi connectivity index (χ2v) is 6.19. The molecule has 0 unspecified atom stereocenters. The Hall–Kier alpha value is -2.54. The lowest BCUT2D eigenvalue weighted by atomic mass is 10.1. The van der Waals surface area contributed by atoms with Crippen molar-refractivity contribution in [3.63, 3.8) is 0 Å². The standard InChI is InChI=1S/C16H12FN3O2S/c17-11-1-2-14-18-13-3-5-19(15(21)10-4-6-23-9-10)8-12(13)16(22)20(14)7-11/h1-2,4,6-7,9H,3,5,8H2. The fourth-order valence-corrected chi connectivity index (χ4v) is 3.44. The largest absolute Gasteiger partial charge is 0.334 e. The molecule has 1 aliphatic heterocycles. The highest BCUT2D eigenvalue weighted by molar-refractivity contribution is 7.08. The van der Waals surface area contributed by atoms with Gasteiger partial charge in [-0.25, -0.2) is 9.37 Å². The number of carbonyl (C=O) groups excluding carboxylic acids is 1. The normalized spacial score (nSPS) is 14.0. The molecule has 0 aliphatic carbocycles. The maximum Gasteiger partial charge on any atom is 0.263 e. The van der Waals surface area contributed by atoms with E-state index in [-0.39, 0.29) is 18.0 Å². The third kappa shape index (κ3) is 2.33. The van der Waals surface area contributed by atoms with Crippen LogP contribution < -0.4 is 5.56 Å². The van der Waals surface area contributed by atoms with E-state index >= 15 is 0 Å². The summed E-state index contributed by atoms with van der Waals surface area (Å²) in [5.74, 6) is -0.594. The molecule has 0 aromatic carbocycles. The molecule has 5 nitrogen and oxygen atoms in total. The molecule has 0 spiro atoms. The Morgan fingerprint density at radius 3 is 2.96 bits per heavy atom. The van der Waals surface area contributed by atoms with Crippen LogP contribution in [0, 0.1) is 5.82 Å². The summed E-state index contributed by atoms with van der Waals surface area (Å²) >= 11 is 1.46. The van der Waals surface area contributed by atoms with Gasteiger partial charge in [0.1, 0.15) is 11.5 Å². The van der Waals surface area contributed by atoms with Crippen LogP contribution in [0.4, 0.5) is 4.39 Å². The maximum absolute atomic E-state index is 13.4.